The van der Waals surface area contributed by atoms with Gasteiger partial charge in [-0.15, -0.1) is 0 Å². The molecule has 9 heteroatoms. The van der Waals surface area contributed by atoms with E-state index in [1.54, 1.807) is 37.4 Å². The molecule has 2 atom stereocenters. The molecule has 3 aromatic rings. The average Bonchev–Trinajstić information content (AvgIpc) is 3.65. The Balaban J connectivity index is 1.30. The molecule has 2 heterocycles. The number of hydrogen-bond donors (Lipinski definition) is 2. The van der Waals surface area contributed by atoms with E-state index in [0.29, 0.717) is 43.0 Å². The van der Waals surface area contributed by atoms with E-state index in [4.69, 9.17) is 14.2 Å². The van der Waals surface area contributed by atoms with Crippen LogP contribution in [0.3, 0.4) is 0 Å². The Bertz CT molecular complexity index is 1330. The Kier molecular flexibility index (Phi) is 7.96. The highest BCUT2D eigenvalue weighted by molar-refractivity contribution is 5.99. The summed E-state index contributed by atoms with van der Waals surface area (Å²) in [4.78, 5) is 41.2. The van der Waals surface area contributed by atoms with Gasteiger partial charge < -0.3 is 24.8 Å². The Hall–Kier alpha value is -4.53. The van der Waals surface area contributed by atoms with Gasteiger partial charge in [-0.05, 0) is 59.9 Å². The van der Waals surface area contributed by atoms with Crippen LogP contribution in [0.2, 0.25) is 0 Å². The summed E-state index contributed by atoms with van der Waals surface area (Å²) >= 11 is 0. The van der Waals surface area contributed by atoms with Crippen LogP contribution >= 0.6 is 0 Å². The van der Waals surface area contributed by atoms with Gasteiger partial charge in [0, 0.05) is 18.7 Å². The van der Waals surface area contributed by atoms with E-state index in [9.17, 15) is 14.4 Å². The van der Waals surface area contributed by atoms with Crippen LogP contribution in [0.15, 0.2) is 72.8 Å². The second-order valence-corrected chi connectivity index (χ2v) is 9.52. The number of fused-ring (bicyclic) bond motifs is 1. The molecule has 202 valence electrons. The lowest BCUT2D eigenvalue weighted by molar-refractivity contribution is -0.129. The summed E-state index contributed by atoms with van der Waals surface area (Å²) in [6, 6.07) is 20.1. The number of ether oxygens (including phenoxy) is 3. The summed E-state index contributed by atoms with van der Waals surface area (Å²) in [6.07, 6.45) is 1.36. The third-order valence-electron chi connectivity index (χ3n) is 6.95. The molecule has 0 bridgehead atoms. The van der Waals surface area contributed by atoms with Crippen molar-refractivity contribution in [1.29, 1.82) is 0 Å². The standard InChI is InChI=1S/C30H31N3O6/c1-37-24-12-9-21(10-13-24)27(29(35)31-23-11-14-26-22(18-23)15-17-38-26)32-28(34)25-8-5-16-33(25)30(36)39-19-20-6-3-2-4-7-20/h2-4,6-7,9-14,18,25,27H,5,8,15-17,19H2,1H3,(H,31,35)(H,32,34)/t25-,27?/m0/s1. The Morgan fingerprint density at radius 2 is 1.85 bits per heavy atom. The van der Waals surface area contributed by atoms with Gasteiger partial charge in [0.25, 0.3) is 5.91 Å². The van der Waals surface area contributed by atoms with E-state index >= 15 is 0 Å². The highest BCUT2D eigenvalue weighted by Crippen LogP contribution is 2.29. The number of carbonyl (C=O) groups excluding carboxylic acids is 3. The molecule has 2 aliphatic rings. The van der Waals surface area contributed by atoms with Crippen molar-refractivity contribution in [3.8, 4) is 11.5 Å². The molecule has 3 amide bonds. The molecule has 0 radical (unpaired) electrons. The quantitative estimate of drug-likeness (QED) is 0.453. The van der Waals surface area contributed by atoms with Gasteiger partial charge in [-0.2, -0.15) is 0 Å². The smallest absolute Gasteiger partial charge is 0.410 e. The maximum absolute atomic E-state index is 13.5. The largest absolute Gasteiger partial charge is 0.497 e. The van der Waals surface area contributed by atoms with Crippen molar-refractivity contribution in [2.24, 2.45) is 0 Å². The Morgan fingerprint density at radius 1 is 1.05 bits per heavy atom. The third-order valence-corrected chi connectivity index (χ3v) is 6.95. The second kappa shape index (κ2) is 11.9. The zero-order valence-electron chi connectivity index (χ0n) is 21.7. The second-order valence-electron chi connectivity index (χ2n) is 9.52. The van der Waals surface area contributed by atoms with Gasteiger partial charge in [0.1, 0.15) is 30.2 Å². The lowest BCUT2D eigenvalue weighted by Crippen LogP contribution is -2.48. The summed E-state index contributed by atoms with van der Waals surface area (Å²) in [6.45, 7) is 1.14. The van der Waals surface area contributed by atoms with Crippen LogP contribution in [-0.2, 0) is 27.4 Å². The molecule has 3 aromatic carbocycles. The molecule has 39 heavy (non-hydrogen) atoms. The molecule has 5 rings (SSSR count). The van der Waals surface area contributed by atoms with Crippen molar-refractivity contribution in [2.75, 3.05) is 25.6 Å². The van der Waals surface area contributed by atoms with Gasteiger partial charge in [-0.25, -0.2) is 4.79 Å². The van der Waals surface area contributed by atoms with Crippen LogP contribution in [0, 0.1) is 0 Å². The highest BCUT2D eigenvalue weighted by Gasteiger charge is 2.37. The molecule has 0 aromatic heterocycles. The summed E-state index contributed by atoms with van der Waals surface area (Å²) < 4.78 is 16.3. The van der Waals surface area contributed by atoms with E-state index < -0.39 is 30.0 Å². The number of benzene rings is 3. The first-order valence-electron chi connectivity index (χ1n) is 13.0. The minimum absolute atomic E-state index is 0.118. The number of anilines is 1. The Morgan fingerprint density at radius 3 is 2.62 bits per heavy atom. The van der Waals surface area contributed by atoms with Gasteiger partial charge in [0.15, 0.2) is 0 Å². The van der Waals surface area contributed by atoms with Crippen molar-refractivity contribution in [3.63, 3.8) is 0 Å². The predicted octanol–water partition coefficient (Wildman–Crippen LogP) is 4.23. The predicted molar refractivity (Wildman–Crippen MR) is 145 cm³/mol. The molecule has 2 N–H and O–H groups in total. The summed E-state index contributed by atoms with van der Waals surface area (Å²) in [5, 5.41) is 5.80. The zero-order valence-corrected chi connectivity index (χ0v) is 21.7. The van der Waals surface area contributed by atoms with Crippen molar-refractivity contribution in [2.45, 2.75) is 38.0 Å². The number of nitrogens with zero attached hydrogens (tertiary/aromatic N) is 1. The normalized spacial score (nSPS) is 16.5. The first-order chi connectivity index (χ1) is 19.0. The number of methoxy groups -OCH3 is 1. The first-order valence-corrected chi connectivity index (χ1v) is 13.0. The lowest BCUT2D eigenvalue weighted by Gasteiger charge is -2.26. The van der Waals surface area contributed by atoms with Gasteiger partial charge in [-0.3, -0.25) is 14.5 Å². The number of hydrogen-bond acceptors (Lipinski definition) is 6. The molecule has 1 saturated heterocycles. The number of amides is 3. The number of rotatable bonds is 8. The maximum Gasteiger partial charge on any atom is 0.410 e. The topological polar surface area (TPSA) is 106 Å². The summed E-state index contributed by atoms with van der Waals surface area (Å²) in [7, 11) is 1.56. The van der Waals surface area contributed by atoms with Crippen LogP contribution in [0.1, 0.15) is 35.6 Å². The zero-order chi connectivity index (χ0) is 27.2. The SMILES string of the molecule is COc1ccc(C(NC(=O)[C@@H]2CCCN2C(=O)OCc2ccccc2)C(=O)Nc2ccc3c(c2)CCO3)cc1. The van der Waals surface area contributed by atoms with E-state index in [2.05, 4.69) is 10.6 Å². The van der Waals surface area contributed by atoms with Gasteiger partial charge >= 0.3 is 6.09 Å². The fourth-order valence-corrected chi connectivity index (χ4v) is 4.87. The molecule has 2 aliphatic heterocycles. The fraction of sp³-hybridized carbons (Fsp3) is 0.300. The number of nitrogens with one attached hydrogen (secondary N) is 2. The number of likely N-dealkylation sites (tertiary alicyclic amines) is 1. The van der Waals surface area contributed by atoms with Crippen LogP contribution in [0.4, 0.5) is 10.5 Å². The average molecular weight is 530 g/mol. The maximum atomic E-state index is 13.5. The fourth-order valence-electron chi connectivity index (χ4n) is 4.87. The minimum Gasteiger partial charge on any atom is -0.497 e. The molecule has 9 nitrogen and oxygen atoms in total. The molecule has 1 fully saturated rings. The Labute approximate surface area is 227 Å². The monoisotopic (exact) mass is 529 g/mol. The van der Waals surface area contributed by atoms with Gasteiger partial charge in [0.2, 0.25) is 5.91 Å². The summed E-state index contributed by atoms with van der Waals surface area (Å²) in [5.41, 5.74) is 3.08. The van der Waals surface area contributed by atoms with E-state index in [1.807, 2.05) is 42.5 Å². The van der Waals surface area contributed by atoms with Gasteiger partial charge in [-0.1, -0.05) is 42.5 Å². The van der Waals surface area contributed by atoms with Gasteiger partial charge in [0.05, 0.1) is 13.7 Å². The molecule has 0 saturated carbocycles. The molecular weight excluding hydrogens is 498 g/mol. The minimum atomic E-state index is -0.990. The van der Waals surface area contributed by atoms with E-state index in [1.165, 1.54) is 4.90 Å². The lowest BCUT2D eigenvalue weighted by atomic mass is 10.0. The van der Waals surface area contributed by atoms with Crippen molar-refractivity contribution in [1.82, 2.24) is 10.2 Å². The first kappa shape index (κ1) is 26.1. The van der Waals surface area contributed by atoms with E-state index in [-0.39, 0.29) is 6.61 Å². The van der Waals surface area contributed by atoms with Crippen LogP contribution < -0.4 is 20.1 Å². The number of carbonyl (C=O) groups is 3. The van der Waals surface area contributed by atoms with E-state index in [0.717, 1.165) is 23.3 Å². The highest BCUT2D eigenvalue weighted by atomic mass is 16.6. The molecule has 1 unspecified atom stereocenters. The van der Waals surface area contributed by atoms with Crippen LogP contribution in [0.5, 0.6) is 11.5 Å². The molecular formula is C30H31N3O6. The molecule has 0 spiro atoms. The summed E-state index contributed by atoms with van der Waals surface area (Å²) in [5.74, 6) is 0.630. The van der Waals surface area contributed by atoms with Crippen molar-refractivity contribution < 1.29 is 28.6 Å². The van der Waals surface area contributed by atoms with Crippen LogP contribution in [0.25, 0.3) is 0 Å². The van der Waals surface area contributed by atoms with Crippen molar-refractivity contribution >= 4 is 23.6 Å². The van der Waals surface area contributed by atoms with Crippen molar-refractivity contribution in [3.05, 3.63) is 89.5 Å². The third kappa shape index (κ3) is 6.14. The molecule has 0 aliphatic carbocycles. The van der Waals surface area contributed by atoms with Crippen LogP contribution in [-0.4, -0.2) is 49.1 Å².